The minimum Gasteiger partial charge on any atom is -0.495 e. The third-order valence-corrected chi connectivity index (χ3v) is 7.53. The van der Waals surface area contributed by atoms with Crippen molar-refractivity contribution < 1.29 is 18.9 Å². The van der Waals surface area contributed by atoms with Crippen LogP contribution in [0.2, 0.25) is 0 Å². The van der Waals surface area contributed by atoms with Crippen LogP contribution in [0.3, 0.4) is 0 Å². The molecule has 0 bridgehead atoms. The Balaban J connectivity index is 1.32. The van der Waals surface area contributed by atoms with Gasteiger partial charge in [-0.05, 0) is 74.0 Å². The van der Waals surface area contributed by atoms with Gasteiger partial charge >= 0.3 is 0 Å². The van der Waals surface area contributed by atoms with E-state index in [0.29, 0.717) is 12.0 Å². The molecule has 2 aliphatic heterocycles. The van der Waals surface area contributed by atoms with Gasteiger partial charge < -0.3 is 28.7 Å². The summed E-state index contributed by atoms with van der Waals surface area (Å²) in [4.78, 5) is 18.3. The molecular formula is C30H39N3O5. The molecule has 2 aliphatic rings. The summed E-state index contributed by atoms with van der Waals surface area (Å²) in [5, 5.41) is 1.51. The van der Waals surface area contributed by atoms with E-state index in [1.165, 1.54) is 0 Å². The zero-order valence-electron chi connectivity index (χ0n) is 22.6. The minimum atomic E-state index is -0.0653. The quantitative estimate of drug-likeness (QED) is 0.372. The number of benzene rings is 2. The van der Waals surface area contributed by atoms with Crippen LogP contribution >= 0.6 is 0 Å². The van der Waals surface area contributed by atoms with Gasteiger partial charge in [0.05, 0.1) is 24.6 Å². The standard InChI is InChI=1S/C30H39N3O5/c1-35-18-5-13-31-12-4-14-32(17-16-31)28-10-7-24(21-29(28)36-2)33-15-11-23-20-25(8-9-27(23)30(33)34)38-22-26-6-3-19-37-26/h7-11,15,20-21,26H,3-6,12-14,16-19,22H2,1-2H3/t26-/m0/s1. The second-order valence-corrected chi connectivity index (χ2v) is 10.1. The molecule has 2 fully saturated rings. The van der Waals surface area contributed by atoms with E-state index in [9.17, 15) is 4.79 Å². The van der Waals surface area contributed by atoms with Crippen molar-refractivity contribution in [2.24, 2.45) is 0 Å². The lowest BCUT2D eigenvalue weighted by Gasteiger charge is -2.26. The number of anilines is 1. The van der Waals surface area contributed by atoms with Gasteiger partial charge in [0.25, 0.3) is 5.56 Å². The van der Waals surface area contributed by atoms with E-state index in [-0.39, 0.29) is 11.7 Å². The molecule has 8 heteroatoms. The van der Waals surface area contributed by atoms with Crippen molar-refractivity contribution in [2.45, 2.75) is 31.8 Å². The Kier molecular flexibility index (Phi) is 8.83. The Morgan fingerprint density at radius 1 is 1.00 bits per heavy atom. The van der Waals surface area contributed by atoms with Crippen LogP contribution in [0.25, 0.3) is 16.5 Å². The largest absolute Gasteiger partial charge is 0.495 e. The number of hydrogen-bond donors (Lipinski definition) is 0. The fraction of sp³-hybridized carbons (Fsp3) is 0.500. The van der Waals surface area contributed by atoms with E-state index >= 15 is 0 Å². The number of hydrogen-bond acceptors (Lipinski definition) is 7. The average molecular weight is 522 g/mol. The molecule has 2 saturated heterocycles. The van der Waals surface area contributed by atoms with Crippen molar-refractivity contribution in [1.82, 2.24) is 9.47 Å². The lowest BCUT2D eigenvalue weighted by atomic mass is 10.1. The molecule has 0 spiro atoms. The maximum atomic E-state index is 13.4. The van der Waals surface area contributed by atoms with Crippen molar-refractivity contribution in [3.8, 4) is 17.2 Å². The van der Waals surface area contributed by atoms with Gasteiger partial charge in [-0.25, -0.2) is 0 Å². The number of rotatable bonds is 10. The Morgan fingerprint density at radius 2 is 1.92 bits per heavy atom. The van der Waals surface area contributed by atoms with Gasteiger partial charge in [0, 0.05) is 64.2 Å². The molecule has 0 aliphatic carbocycles. The highest BCUT2D eigenvalue weighted by Crippen LogP contribution is 2.31. The maximum absolute atomic E-state index is 13.4. The van der Waals surface area contributed by atoms with Crippen molar-refractivity contribution in [2.75, 3.05) is 71.7 Å². The molecule has 0 amide bonds. The lowest BCUT2D eigenvalue weighted by Crippen LogP contribution is -2.32. The smallest absolute Gasteiger partial charge is 0.262 e. The normalized spacial score (nSPS) is 18.6. The third-order valence-electron chi connectivity index (χ3n) is 7.53. The molecule has 0 radical (unpaired) electrons. The Hall–Kier alpha value is -3.07. The summed E-state index contributed by atoms with van der Waals surface area (Å²) < 4.78 is 24.3. The van der Waals surface area contributed by atoms with Crippen LogP contribution in [0.5, 0.6) is 11.5 Å². The molecule has 2 aromatic carbocycles. The summed E-state index contributed by atoms with van der Waals surface area (Å²) in [7, 11) is 3.45. The van der Waals surface area contributed by atoms with E-state index in [2.05, 4.69) is 15.9 Å². The molecule has 8 nitrogen and oxygen atoms in total. The van der Waals surface area contributed by atoms with Gasteiger partial charge in [0.15, 0.2) is 0 Å². The molecule has 3 heterocycles. The van der Waals surface area contributed by atoms with Crippen LogP contribution < -0.4 is 19.9 Å². The highest BCUT2D eigenvalue weighted by Gasteiger charge is 2.19. The molecule has 38 heavy (non-hydrogen) atoms. The second-order valence-electron chi connectivity index (χ2n) is 10.1. The van der Waals surface area contributed by atoms with E-state index in [1.807, 2.05) is 42.6 Å². The zero-order valence-corrected chi connectivity index (χ0v) is 22.6. The van der Waals surface area contributed by atoms with Gasteiger partial charge in [0.2, 0.25) is 0 Å². The summed E-state index contributed by atoms with van der Waals surface area (Å²) in [6.45, 7) is 7.23. The SMILES string of the molecule is COCCCN1CCCN(c2ccc(-n3ccc4cc(OC[C@@H]5CCCO5)ccc4c3=O)cc2OC)CC1. The van der Waals surface area contributed by atoms with E-state index in [4.69, 9.17) is 18.9 Å². The summed E-state index contributed by atoms with van der Waals surface area (Å²) in [5.74, 6) is 1.53. The first-order chi connectivity index (χ1) is 18.7. The van der Waals surface area contributed by atoms with Crippen molar-refractivity contribution >= 4 is 16.5 Å². The molecule has 3 aromatic rings. The predicted octanol–water partition coefficient (Wildman–Crippen LogP) is 4.11. The van der Waals surface area contributed by atoms with Gasteiger partial charge in [-0.3, -0.25) is 9.36 Å². The molecular weight excluding hydrogens is 482 g/mol. The Morgan fingerprint density at radius 3 is 2.74 bits per heavy atom. The number of fused-ring (bicyclic) bond motifs is 1. The summed E-state index contributed by atoms with van der Waals surface area (Å²) >= 11 is 0. The van der Waals surface area contributed by atoms with Gasteiger partial charge in [-0.2, -0.15) is 0 Å². The van der Waals surface area contributed by atoms with Crippen LogP contribution in [0, 0.1) is 0 Å². The fourth-order valence-corrected chi connectivity index (χ4v) is 5.43. The van der Waals surface area contributed by atoms with Crippen molar-refractivity contribution in [3.05, 3.63) is 59.0 Å². The van der Waals surface area contributed by atoms with Crippen LogP contribution in [0.1, 0.15) is 25.7 Å². The monoisotopic (exact) mass is 521 g/mol. The van der Waals surface area contributed by atoms with Crippen LogP contribution in [0.4, 0.5) is 5.69 Å². The second kappa shape index (κ2) is 12.7. The van der Waals surface area contributed by atoms with Gasteiger partial charge in [-0.15, -0.1) is 0 Å². The first-order valence-electron chi connectivity index (χ1n) is 13.7. The van der Waals surface area contributed by atoms with Crippen molar-refractivity contribution in [1.29, 1.82) is 0 Å². The topological polar surface area (TPSA) is 65.4 Å². The van der Waals surface area contributed by atoms with E-state index in [0.717, 1.165) is 99.9 Å². The molecule has 204 valence electrons. The first kappa shape index (κ1) is 26.5. The van der Waals surface area contributed by atoms with Crippen LogP contribution in [-0.2, 0) is 9.47 Å². The van der Waals surface area contributed by atoms with Crippen LogP contribution in [-0.4, -0.2) is 82.3 Å². The molecule has 1 atom stereocenters. The third kappa shape index (κ3) is 6.14. The molecule has 0 saturated carbocycles. The zero-order chi connectivity index (χ0) is 26.3. The van der Waals surface area contributed by atoms with E-state index < -0.39 is 0 Å². The number of nitrogens with zero attached hydrogens (tertiary/aromatic N) is 3. The highest BCUT2D eigenvalue weighted by atomic mass is 16.5. The molecule has 1 aromatic heterocycles. The van der Waals surface area contributed by atoms with Crippen molar-refractivity contribution in [3.63, 3.8) is 0 Å². The Bertz CT molecular complexity index is 1270. The first-order valence-corrected chi connectivity index (χ1v) is 13.7. The number of aromatic nitrogens is 1. The lowest BCUT2D eigenvalue weighted by molar-refractivity contribution is 0.0680. The average Bonchev–Trinajstić information content (AvgIpc) is 3.36. The fourth-order valence-electron chi connectivity index (χ4n) is 5.43. The summed E-state index contributed by atoms with van der Waals surface area (Å²) in [6, 6.07) is 13.6. The Labute approximate surface area is 224 Å². The van der Waals surface area contributed by atoms with E-state index in [1.54, 1.807) is 18.8 Å². The predicted molar refractivity (Wildman–Crippen MR) is 150 cm³/mol. The number of methoxy groups -OCH3 is 2. The number of ether oxygens (including phenoxy) is 4. The minimum absolute atomic E-state index is 0.0653. The summed E-state index contributed by atoms with van der Waals surface area (Å²) in [5.41, 5.74) is 1.79. The molecule has 0 unspecified atom stereocenters. The summed E-state index contributed by atoms with van der Waals surface area (Å²) in [6.07, 6.45) is 6.26. The highest BCUT2D eigenvalue weighted by molar-refractivity contribution is 5.83. The maximum Gasteiger partial charge on any atom is 0.262 e. The van der Waals surface area contributed by atoms with Crippen LogP contribution in [0.15, 0.2) is 53.5 Å². The molecule has 0 N–H and O–H groups in total. The van der Waals surface area contributed by atoms with Gasteiger partial charge in [-0.1, -0.05) is 0 Å². The van der Waals surface area contributed by atoms with Gasteiger partial charge in [0.1, 0.15) is 18.1 Å². The molecule has 5 rings (SSSR count). The number of pyridine rings is 1.